The number of fused-ring (bicyclic) bond motifs is 1. The van der Waals surface area contributed by atoms with Crippen LogP contribution in [0.3, 0.4) is 0 Å². The van der Waals surface area contributed by atoms with Gasteiger partial charge in [-0.05, 0) is 12.1 Å². The number of halogens is 1. The van der Waals surface area contributed by atoms with Crippen molar-refractivity contribution in [1.82, 2.24) is 15.0 Å². The molecule has 19 heavy (non-hydrogen) atoms. The molecule has 0 radical (unpaired) electrons. The Morgan fingerprint density at radius 2 is 2.21 bits per heavy atom. The van der Waals surface area contributed by atoms with Crippen LogP contribution in [0.15, 0.2) is 43.0 Å². The van der Waals surface area contributed by atoms with Crippen LogP contribution in [-0.2, 0) is 6.42 Å². The Morgan fingerprint density at radius 1 is 1.26 bits per heavy atom. The van der Waals surface area contributed by atoms with Crippen LogP contribution in [0.4, 0.5) is 10.1 Å². The molecule has 96 valence electrons. The summed E-state index contributed by atoms with van der Waals surface area (Å²) in [4.78, 5) is 11.1. The van der Waals surface area contributed by atoms with E-state index in [0.29, 0.717) is 5.52 Å². The van der Waals surface area contributed by atoms with Crippen LogP contribution < -0.4 is 5.32 Å². The standard InChI is InChI=1S/C14H13FN4/c15-12-3-1-2-11-13(5-7-18-14(11)12)17-6-4-10-8-16-9-19-10/h1-3,5,7-9H,4,6H2,(H,16,19)(H,17,18). The van der Waals surface area contributed by atoms with Gasteiger partial charge in [-0.1, -0.05) is 12.1 Å². The van der Waals surface area contributed by atoms with E-state index in [1.54, 1.807) is 24.8 Å². The molecular formula is C14H13FN4. The van der Waals surface area contributed by atoms with Crippen molar-refractivity contribution in [3.8, 4) is 0 Å². The molecule has 3 aromatic rings. The lowest BCUT2D eigenvalue weighted by Gasteiger charge is -2.09. The molecule has 1 aromatic carbocycles. The Bertz CT molecular complexity index is 679. The number of hydrogen-bond donors (Lipinski definition) is 2. The van der Waals surface area contributed by atoms with E-state index in [1.165, 1.54) is 6.07 Å². The number of aromatic nitrogens is 3. The molecule has 0 aliphatic rings. The first-order valence-electron chi connectivity index (χ1n) is 6.09. The second kappa shape index (κ2) is 5.06. The van der Waals surface area contributed by atoms with Crippen molar-refractivity contribution in [2.45, 2.75) is 6.42 Å². The van der Waals surface area contributed by atoms with Crippen LogP contribution in [0, 0.1) is 5.82 Å². The monoisotopic (exact) mass is 256 g/mol. The molecule has 0 aliphatic heterocycles. The summed E-state index contributed by atoms with van der Waals surface area (Å²) >= 11 is 0. The van der Waals surface area contributed by atoms with Gasteiger partial charge in [0.1, 0.15) is 11.3 Å². The minimum Gasteiger partial charge on any atom is -0.384 e. The summed E-state index contributed by atoms with van der Waals surface area (Å²) in [6.45, 7) is 0.748. The second-order valence-electron chi connectivity index (χ2n) is 4.25. The van der Waals surface area contributed by atoms with Gasteiger partial charge in [0.05, 0.1) is 6.33 Å². The van der Waals surface area contributed by atoms with Gasteiger partial charge in [-0.3, -0.25) is 4.98 Å². The quantitative estimate of drug-likeness (QED) is 0.754. The lowest BCUT2D eigenvalue weighted by Crippen LogP contribution is -2.05. The molecule has 0 spiro atoms. The largest absolute Gasteiger partial charge is 0.384 e. The summed E-state index contributed by atoms with van der Waals surface area (Å²) in [5.74, 6) is -0.297. The van der Waals surface area contributed by atoms with E-state index < -0.39 is 0 Å². The highest BCUT2D eigenvalue weighted by Crippen LogP contribution is 2.23. The first-order chi connectivity index (χ1) is 9.34. The van der Waals surface area contributed by atoms with Crippen LogP contribution in [0.1, 0.15) is 5.69 Å². The zero-order valence-corrected chi connectivity index (χ0v) is 10.2. The zero-order chi connectivity index (χ0) is 13.1. The van der Waals surface area contributed by atoms with Crippen LogP contribution in [0.5, 0.6) is 0 Å². The number of anilines is 1. The van der Waals surface area contributed by atoms with Gasteiger partial charge in [0, 0.05) is 42.1 Å². The third-order valence-electron chi connectivity index (χ3n) is 2.99. The van der Waals surface area contributed by atoms with Gasteiger partial charge in [-0.25, -0.2) is 9.37 Å². The van der Waals surface area contributed by atoms with Crippen molar-refractivity contribution < 1.29 is 4.39 Å². The first kappa shape index (κ1) is 11.6. The predicted molar refractivity (Wildman–Crippen MR) is 72.5 cm³/mol. The lowest BCUT2D eigenvalue weighted by molar-refractivity contribution is 0.637. The number of benzene rings is 1. The number of nitrogens with zero attached hydrogens (tertiary/aromatic N) is 2. The molecule has 0 atom stereocenters. The Hall–Kier alpha value is -2.43. The van der Waals surface area contributed by atoms with Gasteiger partial charge in [-0.15, -0.1) is 0 Å². The summed E-state index contributed by atoms with van der Waals surface area (Å²) < 4.78 is 13.6. The van der Waals surface area contributed by atoms with E-state index in [9.17, 15) is 4.39 Å². The van der Waals surface area contributed by atoms with Crippen molar-refractivity contribution in [1.29, 1.82) is 0 Å². The maximum atomic E-state index is 13.6. The Balaban J connectivity index is 1.79. The molecule has 2 N–H and O–H groups in total. The minimum absolute atomic E-state index is 0.297. The number of imidazole rings is 1. The third kappa shape index (κ3) is 2.40. The molecule has 3 rings (SSSR count). The highest BCUT2D eigenvalue weighted by Gasteiger charge is 2.05. The molecule has 0 saturated carbocycles. The van der Waals surface area contributed by atoms with Crippen LogP contribution >= 0.6 is 0 Å². The highest BCUT2D eigenvalue weighted by molar-refractivity contribution is 5.91. The first-order valence-corrected chi connectivity index (χ1v) is 6.09. The fraction of sp³-hybridized carbons (Fsp3) is 0.143. The molecule has 2 heterocycles. The topological polar surface area (TPSA) is 53.6 Å². The average molecular weight is 256 g/mol. The molecule has 2 aromatic heterocycles. The van der Waals surface area contributed by atoms with Crippen LogP contribution in [0.25, 0.3) is 10.9 Å². The van der Waals surface area contributed by atoms with Crippen molar-refractivity contribution in [2.75, 3.05) is 11.9 Å². The smallest absolute Gasteiger partial charge is 0.149 e. The molecule has 0 bridgehead atoms. The second-order valence-corrected chi connectivity index (χ2v) is 4.25. The fourth-order valence-corrected chi connectivity index (χ4v) is 2.05. The summed E-state index contributed by atoms with van der Waals surface area (Å²) in [5.41, 5.74) is 2.36. The fourth-order valence-electron chi connectivity index (χ4n) is 2.05. The van der Waals surface area contributed by atoms with E-state index in [2.05, 4.69) is 20.3 Å². The molecular weight excluding hydrogens is 243 g/mol. The van der Waals surface area contributed by atoms with Gasteiger partial charge in [0.25, 0.3) is 0 Å². The zero-order valence-electron chi connectivity index (χ0n) is 10.2. The van der Waals surface area contributed by atoms with Gasteiger partial charge in [0.15, 0.2) is 0 Å². The predicted octanol–water partition coefficient (Wildman–Crippen LogP) is 2.75. The average Bonchev–Trinajstić information content (AvgIpc) is 2.93. The third-order valence-corrected chi connectivity index (χ3v) is 2.99. The van der Waals surface area contributed by atoms with E-state index in [0.717, 1.165) is 29.7 Å². The van der Waals surface area contributed by atoms with Crippen molar-refractivity contribution in [3.63, 3.8) is 0 Å². The molecule has 0 saturated heterocycles. The van der Waals surface area contributed by atoms with Crippen LogP contribution in [-0.4, -0.2) is 21.5 Å². The molecule has 0 aliphatic carbocycles. The molecule has 5 heteroatoms. The maximum absolute atomic E-state index is 13.6. The minimum atomic E-state index is -0.297. The van der Waals surface area contributed by atoms with Crippen molar-refractivity contribution in [3.05, 3.63) is 54.5 Å². The van der Waals surface area contributed by atoms with Gasteiger partial charge in [-0.2, -0.15) is 0 Å². The van der Waals surface area contributed by atoms with Gasteiger partial charge in [0.2, 0.25) is 0 Å². The van der Waals surface area contributed by atoms with Crippen molar-refractivity contribution >= 4 is 16.6 Å². The van der Waals surface area contributed by atoms with E-state index >= 15 is 0 Å². The maximum Gasteiger partial charge on any atom is 0.149 e. The number of rotatable bonds is 4. The number of hydrogen-bond acceptors (Lipinski definition) is 3. The normalized spacial score (nSPS) is 10.8. The summed E-state index contributed by atoms with van der Waals surface area (Å²) in [6.07, 6.45) is 5.90. The number of para-hydroxylation sites is 1. The van der Waals surface area contributed by atoms with Gasteiger partial charge >= 0.3 is 0 Å². The highest BCUT2D eigenvalue weighted by atomic mass is 19.1. The number of H-pyrrole nitrogens is 1. The lowest BCUT2D eigenvalue weighted by atomic mass is 10.2. The number of aromatic amines is 1. The molecule has 0 fully saturated rings. The number of nitrogens with one attached hydrogen (secondary N) is 2. The molecule has 0 unspecified atom stereocenters. The molecule has 0 amide bonds. The van der Waals surface area contributed by atoms with E-state index in [-0.39, 0.29) is 5.82 Å². The Kier molecular flexibility index (Phi) is 3.10. The molecule has 4 nitrogen and oxygen atoms in total. The van der Waals surface area contributed by atoms with E-state index in [4.69, 9.17) is 0 Å². The van der Waals surface area contributed by atoms with Crippen molar-refractivity contribution in [2.24, 2.45) is 0 Å². The van der Waals surface area contributed by atoms with Gasteiger partial charge < -0.3 is 10.3 Å². The van der Waals surface area contributed by atoms with E-state index in [1.807, 2.05) is 12.1 Å². The summed E-state index contributed by atoms with van der Waals surface area (Å²) in [7, 11) is 0. The Morgan fingerprint density at radius 3 is 3.05 bits per heavy atom. The number of pyridine rings is 1. The summed E-state index contributed by atoms with van der Waals surface area (Å²) in [6, 6.07) is 6.84. The summed E-state index contributed by atoms with van der Waals surface area (Å²) in [5, 5.41) is 4.10. The van der Waals surface area contributed by atoms with Crippen LogP contribution in [0.2, 0.25) is 0 Å². The Labute approximate surface area is 109 Å². The SMILES string of the molecule is Fc1cccc2c(NCCc3cnc[nH]3)ccnc12.